The number of aromatic nitrogens is 1. The summed E-state index contributed by atoms with van der Waals surface area (Å²) in [5.41, 5.74) is 3.36. The Morgan fingerprint density at radius 1 is 1.33 bits per heavy atom. The smallest absolute Gasteiger partial charge is 0.259 e. The van der Waals surface area contributed by atoms with Crippen molar-refractivity contribution in [2.45, 2.75) is 6.92 Å². The molecule has 1 amide bonds. The third kappa shape index (κ3) is 3.34. The van der Waals surface area contributed by atoms with Crippen LogP contribution in [-0.4, -0.2) is 10.9 Å². The van der Waals surface area contributed by atoms with Crippen LogP contribution in [0.5, 0.6) is 0 Å². The summed E-state index contributed by atoms with van der Waals surface area (Å²) in [6.45, 7) is 1.73. The number of nitrogens with one attached hydrogen (secondary N) is 2. The van der Waals surface area contributed by atoms with Gasteiger partial charge in [0.05, 0.1) is 16.9 Å². The molecular weight excluding hydrogens is 346 g/mol. The van der Waals surface area contributed by atoms with Gasteiger partial charge in [-0.3, -0.25) is 15.6 Å². The number of pyridine rings is 1. The second-order valence-corrected chi connectivity index (χ2v) is 5.07. The molecule has 1 aromatic carbocycles. The number of hydrazine groups is 1. The van der Waals surface area contributed by atoms with E-state index in [0.29, 0.717) is 17.4 Å². The Morgan fingerprint density at radius 2 is 2.05 bits per heavy atom. The maximum absolute atomic E-state index is 13.7. The molecule has 2 rings (SSSR count). The number of hydrogen-bond donors (Lipinski definition) is 3. The van der Waals surface area contributed by atoms with Gasteiger partial charge >= 0.3 is 0 Å². The molecular formula is C13H11BrF2N4O. The van der Waals surface area contributed by atoms with Crippen molar-refractivity contribution >= 4 is 33.2 Å². The first-order valence-corrected chi connectivity index (χ1v) is 6.61. The van der Waals surface area contributed by atoms with E-state index < -0.39 is 17.5 Å². The van der Waals surface area contributed by atoms with Crippen molar-refractivity contribution in [3.63, 3.8) is 0 Å². The summed E-state index contributed by atoms with van der Waals surface area (Å²) in [6.07, 6.45) is 1.31. The average Bonchev–Trinajstić information content (AvgIpc) is 2.42. The third-order valence-electron chi connectivity index (χ3n) is 2.69. The van der Waals surface area contributed by atoms with Gasteiger partial charge in [-0.1, -0.05) is 0 Å². The van der Waals surface area contributed by atoms with Gasteiger partial charge in [0.2, 0.25) is 0 Å². The molecule has 0 atom stereocenters. The van der Waals surface area contributed by atoms with Gasteiger partial charge in [-0.05, 0) is 35.0 Å². The fourth-order valence-corrected chi connectivity index (χ4v) is 2.21. The van der Waals surface area contributed by atoms with Gasteiger partial charge in [0, 0.05) is 22.4 Å². The first-order valence-electron chi connectivity index (χ1n) is 5.81. The molecule has 5 nitrogen and oxygen atoms in total. The van der Waals surface area contributed by atoms with Crippen LogP contribution in [0.1, 0.15) is 16.1 Å². The molecule has 0 radical (unpaired) electrons. The van der Waals surface area contributed by atoms with E-state index in [1.165, 1.54) is 6.20 Å². The van der Waals surface area contributed by atoms with E-state index in [1.807, 2.05) is 0 Å². The molecule has 0 aliphatic heterocycles. The highest BCUT2D eigenvalue weighted by atomic mass is 79.9. The summed E-state index contributed by atoms with van der Waals surface area (Å²) >= 11 is 3.00. The Hall–Kier alpha value is -2.06. The molecule has 110 valence electrons. The number of nitrogen functional groups attached to an aromatic ring is 1. The highest BCUT2D eigenvalue weighted by molar-refractivity contribution is 9.10. The van der Waals surface area contributed by atoms with Crippen molar-refractivity contribution in [3.8, 4) is 0 Å². The minimum absolute atomic E-state index is 0.0932. The van der Waals surface area contributed by atoms with E-state index in [1.54, 1.807) is 13.0 Å². The lowest BCUT2D eigenvalue weighted by Crippen LogP contribution is -2.18. The zero-order valence-corrected chi connectivity index (χ0v) is 12.5. The van der Waals surface area contributed by atoms with Gasteiger partial charge < -0.3 is 10.7 Å². The number of nitrogens with zero attached hydrogens (tertiary/aromatic N) is 1. The van der Waals surface area contributed by atoms with E-state index in [0.717, 1.165) is 6.07 Å². The van der Waals surface area contributed by atoms with Crippen LogP contribution in [0, 0.1) is 18.6 Å². The number of hydrogen-bond acceptors (Lipinski definition) is 4. The molecule has 21 heavy (non-hydrogen) atoms. The summed E-state index contributed by atoms with van der Waals surface area (Å²) in [6, 6.07) is 3.30. The summed E-state index contributed by atoms with van der Waals surface area (Å²) < 4.78 is 26.8. The van der Waals surface area contributed by atoms with Crippen molar-refractivity contribution < 1.29 is 13.6 Å². The van der Waals surface area contributed by atoms with Gasteiger partial charge in [-0.2, -0.15) is 0 Å². The molecule has 0 aliphatic carbocycles. The third-order valence-corrected chi connectivity index (χ3v) is 3.31. The molecule has 2 aromatic rings. The molecule has 1 aromatic heterocycles. The maximum Gasteiger partial charge on any atom is 0.259 e. The number of amides is 1. The van der Waals surface area contributed by atoms with E-state index in [2.05, 4.69) is 31.7 Å². The second kappa shape index (κ2) is 6.15. The fourth-order valence-electron chi connectivity index (χ4n) is 1.70. The van der Waals surface area contributed by atoms with E-state index >= 15 is 0 Å². The molecule has 0 saturated carbocycles. The lowest BCUT2D eigenvalue weighted by molar-refractivity contribution is 0.102. The number of carbonyl (C=O) groups is 1. The summed E-state index contributed by atoms with van der Waals surface area (Å²) in [5, 5.41) is 2.35. The van der Waals surface area contributed by atoms with E-state index in [4.69, 9.17) is 5.84 Å². The molecule has 0 spiro atoms. The minimum atomic E-state index is -0.891. The van der Waals surface area contributed by atoms with E-state index in [9.17, 15) is 13.6 Å². The molecule has 4 N–H and O–H groups in total. The van der Waals surface area contributed by atoms with Crippen LogP contribution >= 0.6 is 15.9 Å². The predicted octanol–water partition coefficient (Wildman–Crippen LogP) is 2.97. The largest absolute Gasteiger partial charge is 0.323 e. The number of halogens is 3. The Balaban J connectivity index is 2.35. The zero-order chi connectivity index (χ0) is 15.6. The van der Waals surface area contributed by atoms with Crippen molar-refractivity contribution in [1.82, 2.24) is 4.98 Å². The maximum atomic E-state index is 13.7. The monoisotopic (exact) mass is 356 g/mol. The minimum Gasteiger partial charge on any atom is -0.323 e. The first-order chi connectivity index (χ1) is 9.92. The van der Waals surface area contributed by atoms with Crippen LogP contribution in [0.2, 0.25) is 0 Å². The number of anilines is 2. The number of benzene rings is 1. The van der Waals surface area contributed by atoms with Crippen LogP contribution in [-0.2, 0) is 0 Å². The van der Waals surface area contributed by atoms with Gasteiger partial charge in [0.1, 0.15) is 5.82 Å². The number of nitrogens with two attached hydrogens (primary N) is 1. The summed E-state index contributed by atoms with van der Waals surface area (Å²) in [7, 11) is 0. The molecule has 0 saturated heterocycles. The van der Waals surface area contributed by atoms with Gasteiger partial charge in [-0.15, -0.1) is 0 Å². The Labute approximate surface area is 127 Å². The van der Waals surface area contributed by atoms with Crippen molar-refractivity contribution in [2.24, 2.45) is 5.84 Å². The lowest BCUT2D eigenvalue weighted by Gasteiger charge is -2.12. The average molecular weight is 357 g/mol. The Bertz CT molecular complexity index is 686. The molecule has 0 fully saturated rings. The second-order valence-electron chi connectivity index (χ2n) is 4.21. The summed E-state index contributed by atoms with van der Waals surface area (Å²) in [5.74, 6) is 3.07. The number of rotatable bonds is 3. The SMILES string of the molecule is Cc1cc(NN)c(C(=O)Nc2c(F)cc(F)cc2Br)cn1. The Kier molecular flexibility index (Phi) is 4.49. The Morgan fingerprint density at radius 3 is 2.67 bits per heavy atom. The quantitative estimate of drug-likeness (QED) is 0.583. The van der Waals surface area contributed by atoms with Crippen molar-refractivity contribution in [2.75, 3.05) is 10.7 Å². The molecule has 0 aliphatic rings. The normalized spacial score (nSPS) is 10.3. The van der Waals surface area contributed by atoms with Crippen LogP contribution in [0.25, 0.3) is 0 Å². The molecule has 1 heterocycles. The first kappa shape index (κ1) is 15.3. The lowest BCUT2D eigenvalue weighted by atomic mass is 10.2. The highest BCUT2D eigenvalue weighted by Crippen LogP contribution is 2.28. The van der Waals surface area contributed by atoms with Crippen LogP contribution in [0.15, 0.2) is 28.9 Å². The summed E-state index contributed by atoms with van der Waals surface area (Å²) in [4.78, 5) is 16.2. The fraction of sp³-hybridized carbons (Fsp3) is 0.0769. The molecule has 0 bridgehead atoms. The van der Waals surface area contributed by atoms with Crippen LogP contribution in [0.4, 0.5) is 20.2 Å². The van der Waals surface area contributed by atoms with Gasteiger partial charge in [-0.25, -0.2) is 8.78 Å². The van der Waals surface area contributed by atoms with Gasteiger partial charge in [0.25, 0.3) is 5.91 Å². The number of carbonyl (C=O) groups excluding carboxylic acids is 1. The van der Waals surface area contributed by atoms with Gasteiger partial charge in [0.15, 0.2) is 5.82 Å². The van der Waals surface area contributed by atoms with E-state index in [-0.39, 0.29) is 15.7 Å². The molecule has 8 heteroatoms. The standard InChI is InChI=1S/C13H11BrF2N4O/c1-6-2-11(20-17)8(5-18-6)13(21)19-12-9(14)3-7(15)4-10(12)16/h2-5H,17H2,1H3,(H,18,20)(H,19,21). The number of aryl methyl sites for hydroxylation is 1. The van der Waals surface area contributed by atoms with Crippen LogP contribution < -0.4 is 16.6 Å². The predicted molar refractivity (Wildman–Crippen MR) is 78.8 cm³/mol. The van der Waals surface area contributed by atoms with Crippen LogP contribution in [0.3, 0.4) is 0 Å². The zero-order valence-electron chi connectivity index (χ0n) is 10.9. The van der Waals surface area contributed by atoms with Crippen molar-refractivity contribution in [3.05, 3.63) is 51.8 Å². The van der Waals surface area contributed by atoms with Crippen molar-refractivity contribution in [1.29, 1.82) is 0 Å². The highest BCUT2D eigenvalue weighted by Gasteiger charge is 2.17. The topological polar surface area (TPSA) is 80.0 Å². The molecule has 0 unspecified atom stereocenters.